The van der Waals surface area contributed by atoms with Crippen LogP contribution in [-0.2, 0) is 0 Å². The molecule has 7 heteroatoms. The van der Waals surface area contributed by atoms with Crippen molar-refractivity contribution in [2.24, 2.45) is 0 Å². The van der Waals surface area contributed by atoms with Crippen LogP contribution in [0.15, 0.2) is 55.1 Å². The summed E-state index contributed by atoms with van der Waals surface area (Å²) < 4.78 is 27.8. The van der Waals surface area contributed by atoms with Gasteiger partial charge in [-0.15, -0.1) is 0 Å². The molecule has 1 atom stereocenters. The van der Waals surface area contributed by atoms with Gasteiger partial charge in [0, 0.05) is 5.56 Å². The second-order valence-corrected chi connectivity index (χ2v) is 5.26. The molecule has 3 rings (SSSR count). The van der Waals surface area contributed by atoms with Gasteiger partial charge in [0.2, 0.25) is 0 Å². The van der Waals surface area contributed by atoms with E-state index in [2.05, 4.69) is 15.4 Å². The van der Waals surface area contributed by atoms with Crippen LogP contribution in [0.3, 0.4) is 0 Å². The van der Waals surface area contributed by atoms with Gasteiger partial charge < -0.3 is 5.32 Å². The fraction of sp³-hybridized carbons (Fsp3) is 0.118. The van der Waals surface area contributed by atoms with E-state index >= 15 is 0 Å². The molecule has 0 radical (unpaired) electrons. The molecule has 0 fully saturated rings. The number of rotatable bonds is 4. The molecule has 0 bridgehead atoms. The third-order valence-electron chi connectivity index (χ3n) is 3.60. The van der Waals surface area contributed by atoms with Crippen molar-refractivity contribution in [3.05, 3.63) is 77.9 Å². The molecule has 2 aromatic carbocycles. The molecule has 1 N–H and O–H groups in total. The summed E-state index contributed by atoms with van der Waals surface area (Å²) in [5.41, 5.74) is 1.72. The Hall–Kier alpha value is -3.09. The Morgan fingerprint density at radius 2 is 1.88 bits per heavy atom. The van der Waals surface area contributed by atoms with Crippen LogP contribution in [0.1, 0.15) is 28.9 Å². The summed E-state index contributed by atoms with van der Waals surface area (Å²) in [6.45, 7) is 1.70. The Morgan fingerprint density at radius 3 is 2.50 bits per heavy atom. The van der Waals surface area contributed by atoms with Crippen LogP contribution >= 0.6 is 0 Å². The van der Waals surface area contributed by atoms with Gasteiger partial charge in [0.15, 0.2) is 11.6 Å². The Balaban J connectivity index is 1.71. The van der Waals surface area contributed by atoms with Crippen LogP contribution in [0.5, 0.6) is 0 Å². The summed E-state index contributed by atoms with van der Waals surface area (Å²) >= 11 is 0. The van der Waals surface area contributed by atoms with Crippen molar-refractivity contribution in [3.8, 4) is 5.69 Å². The molecule has 0 spiro atoms. The van der Waals surface area contributed by atoms with Gasteiger partial charge in [0.25, 0.3) is 5.91 Å². The van der Waals surface area contributed by atoms with E-state index < -0.39 is 17.7 Å². The normalized spacial score (nSPS) is 12.0. The van der Waals surface area contributed by atoms with Crippen LogP contribution in [-0.4, -0.2) is 20.7 Å². The molecule has 0 aliphatic carbocycles. The molecule has 0 saturated heterocycles. The minimum Gasteiger partial charge on any atom is -0.346 e. The van der Waals surface area contributed by atoms with Gasteiger partial charge in [-0.25, -0.2) is 18.4 Å². The summed E-state index contributed by atoms with van der Waals surface area (Å²) in [7, 11) is 0. The fourth-order valence-electron chi connectivity index (χ4n) is 2.25. The molecule has 1 heterocycles. The molecule has 1 unspecified atom stereocenters. The van der Waals surface area contributed by atoms with Crippen LogP contribution in [0.2, 0.25) is 0 Å². The molecule has 0 saturated carbocycles. The fourth-order valence-corrected chi connectivity index (χ4v) is 2.25. The van der Waals surface area contributed by atoms with E-state index in [1.165, 1.54) is 12.4 Å². The van der Waals surface area contributed by atoms with Crippen molar-refractivity contribution in [1.29, 1.82) is 0 Å². The first-order chi connectivity index (χ1) is 11.5. The number of benzene rings is 2. The van der Waals surface area contributed by atoms with E-state index in [-0.39, 0.29) is 5.91 Å². The number of amides is 1. The standard InChI is InChI=1S/C17H14F2N4O/c1-11(13-4-7-15(18)16(19)8-13)22-17(24)12-2-5-14(6-3-12)23-10-20-9-21-23/h2-11H,1H3,(H,22,24). The molecule has 5 nitrogen and oxygen atoms in total. The zero-order chi connectivity index (χ0) is 17.1. The average molecular weight is 328 g/mol. The average Bonchev–Trinajstić information content (AvgIpc) is 3.12. The summed E-state index contributed by atoms with van der Waals surface area (Å²) in [6, 6.07) is 9.90. The van der Waals surface area contributed by atoms with Crippen molar-refractivity contribution in [1.82, 2.24) is 20.1 Å². The molecule has 0 aliphatic rings. The first-order valence-electron chi connectivity index (χ1n) is 7.25. The summed E-state index contributed by atoms with van der Waals surface area (Å²) in [4.78, 5) is 16.1. The van der Waals surface area contributed by atoms with Crippen LogP contribution in [0.4, 0.5) is 8.78 Å². The molecule has 0 aliphatic heterocycles. The molecular formula is C17H14F2N4O. The highest BCUT2D eigenvalue weighted by molar-refractivity contribution is 5.94. The van der Waals surface area contributed by atoms with Crippen LogP contribution in [0, 0.1) is 11.6 Å². The Bertz CT molecular complexity index is 848. The van der Waals surface area contributed by atoms with Gasteiger partial charge in [0.05, 0.1) is 11.7 Å². The van der Waals surface area contributed by atoms with Gasteiger partial charge in [-0.3, -0.25) is 4.79 Å². The van der Waals surface area contributed by atoms with Gasteiger partial charge in [-0.2, -0.15) is 5.10 Å². The van der Waals surface area contributed by atoms with E-state index in [0.29, 0.717) is 11.1 Å². The highest BCUT2D eigenvalue weighted by Crippen LogP contribution is 2.17. The number of hydrogen-bond acceptors (Lipinski definition) is 3. The molecular weight excluding hydrogens is 314 g/mol. The molecule has 3 aromatic rings. The van der Waals surface area contributed by atoms with E-state index in [4.69, 9.17) is 0 Å². The zero-order valence-electron chi connectivity index (χ0n) is 12.8. The largest absolute Gasteiger partial charge is 0.346 e. The second kappa shape index (κ2) is 6.57. The van der Waals surface area contributed by atoms with Crippen molar-refractivity contribution >= 4 is 5.91 Å². The number of carbonyl (C=O) groups is 1. The van der Waals surface area contributed by atoms with Gasteiger partial charge >= 0.3 is 0 Å². The maximum absolute atomic E-state index is 13.3. The topological polar surface area (TPSA) is 59.8 Å². The smallest absolute Gasteiger partial charge is 0.251 e. The zero-order valence-corrected chi connectivity index (χ0v) is 12.8. The first kappa shape index (κ1) is 15.8. The minimum atomic E-state index is -0.939. The lowest BCUT2D eigenvalue weighted by Crippen LogP contribution is -2.26. The number of nitrogens with one attached hydrogen (secondary N) is 1. The van der Waals surface area contributed by atoms with Crippen molar-refractivity contribution in [3.63, 3.8) is 0 Å². The lowest BCUT2D eigenvalue weighted by atomic mass is 10.1. The maximum Gasteiger partial charge on any atom is 0.251 e. The Kier molecular flexibility index (Phi) is 4.33. The number of carbonyl (C=O) groups excluding carboxylic acids is 1. The Labute approximate surface area is 137 Å². The monoisotopic (exact) mass is 328 g/mol. The van der Waals surface area contributed by atoms with Crippen molar-refractivity contribution in [2.45, 2.75) is 13.0 Å². The minimum absolute atomic E-state index is 0.308. The number of halogens is 2. The highest BCUT2D eigenvalue weighted by atomic mass is 19.2. The Morgan fingerprint density at radius 1 is 1.12 bits per heavy atom. The third kappa shape index (κ3) is 3.29. The quantitative estimate of drug-likeness (QED) is 0.801. The SMILES string of the molecule is CC(NC(=O)c1ccc(-n2cncn2)cc1)c1ccc(F)c(F)c1. The maximum atomic E-state index is 13.3. The van der Waals surface area contributed by atoms with E-state index in [1.54, 1.807) is 42.2 Å². The van der Waals surface area contributed by atoms with Crippen molar-refractivity contribution < 1.29 is 13.6 Å². The molecule has 1 amide bonds. The third-order valence-corrected chi connectivity index (χ3v) is 3.60. The predicted octanol–water partition coefficient (Wildman–Crippen LogP) is 3.04. The van der Waals surface area contributed by atoms with Crippen LogP contribution in [0.25, 0.3) is 5.69 Å². The van der Waals surface area contributed by atoms with Gasteiger partial charge in [-0.05, 0) is 48.9 Å². The lowest BCUT2D eigenvalue weighted by molar-refractivity contribution is 0.0940. The molecule has 24 heavy (non-hydrogen) atoms. The highest BCUT2D eigenvalue weighted by Gasteiger charge is 2.13. The number of nitrogens with zero attached hydrogens (tertiary/aromatic N) is 3. The van der Waals surface area contributed by atoms with E-state index in [0.717, 1.165) is 17.8 Å². The summed E-state index contributed by atoms with van der Waals surface area (Å²) in [5.74, 6) is -2.16. The van der Waals surface area contributed by atoms with E-state index in [1.807, 2.05) is 0 Å². The summed E-state index contributed by atoms with van der Waals surface area (Å²) in [5, 5.41) is 6.75. The second-order valence-electron chi connectivity index (χ2n) is 5.26. The van der Waals surface area contributed by atoms with Crippen molar-refractivity contribution in [2.75, 3.05) is 0 Å². The summed E-state index contributed by atoms with van der Waals surface area (Å²) in [6.07, 6.45) is 2.98. The first-order valence-corrected chi connectivity index (χ1v) is 7.25. The van der Waals surface area contributed by atoms with Gasteiger partial charge in [0.1, 0.15) is 12.7 Å². The van der Waals surface area contributed by atoms with Crippen LogP contribution < -0.4 is 5.32 Å². The number of aromatic nitrogens is 3. The predicted molar refractivity (Wildman–Crippen MR) is 83.6 cm³/mol. The number of hydrogen-bond donors (Lipinski definition) is 1. The van der Waals surface area contributed by atoms with E-state index in [9.17, 15) is 13.6 Å². The van der Waals surface area contributed by atoms with Gasteiger partial charge in [-0.1, -0.05) is 6.07 Å². The lowest BCUT2D eigenvalue weighted by Gasteiger charge is -2.15. The molecule has 122 valence electrons. The molecule has 1 aromatic heterocycles.